The first kappa shape index (κ1) is 23.4. The van der Waals surface area contributed by atoms with Crippen LogP contribution in [-0.4, -0.2) is 49.0 Å². The molecule has 3 rings (SSSR count). The molecule has 2 unspecified atom stereocenters. The lowest BCUT2D eigenvalue weighted by Gasteiger charge is -2.31. The highest BCUT2D eigenvalue weighted by molar-refractivity contribution is 5.78. The Morgan fingerprint density at radius 3 is 2.52 bits per heavy atom. The van der Waals surface area contributed by atoms with Crippen LogP contribution in [0.1, 0.15) is 50.7 Å². The van der Waals surface area contributed by atoms with Gasteiger partial charge in [-0.2, -0.15) is 0 Å². The predicted molar refractivity (Wildman–Crippen MR) is 124 cm³/mol. The molecule has 0 N–H and O–H groups in total. The Balaban J connectivity index is 1.86. The van der Waals surface area contributed by atoms with Crippen molar-refractivity contribution in [3.05, 3.63) is 53.5 Å². The first-order valence-electron chi connectivity index (χ1n) is 11.5. The molecule has 1 saturated heterocycles. The molecule has 0 aliphatic carbocycles. The van der Waals surface area contributed by atoms with Gasteiger partial charge in [-0.25, -0.2) is 0 Å². The molecule has 2 heterocycles. The minimum atomic E-state index is 0.00654. The molecular weight excluding hydrogens is 388 g/mol. The van der Waals surface area contributed by atoms with Gasteiger partial charge in [0.25, 0.3) is 0 Å². The molecule has 31 heavy (non-hydrogen) atoms. The summed E-state index contributed by atoms with van der Waals surface area (Å²) in [5.41, 5.74) is 1.23. The monoisotopic (exact) mass is 426 g/mol. The Bertz CT molecular complexity index is 858. The third kappa shape index (κ3) is 5.91. The second-order valence-corrected chi connectivity index (χ2v) is 9.61. The van der Waals surface area contributed by atoms with Gasteiger partial charge in [0.1, 0.15) is 17.3 Å². The molecule has 1 aromatic heterocycles. The molecule has 0 spiro atoms. The number of hydrogen-bond acceptors (Lipinski definition) is 4. The normalized spacial score (nSPS) is 19.4. The number of benzene rings is 1. The average Bonchev–Trinajstić information content (AvgIpc) is 3.32. The van der Waals surface area contributed by atoms with Crippen molar-refractivity contribution in [2.75, 3.05) is 33.3 Å². The standard InChI is InChI=1S/C26H38N2O3/c1-18(2)13-28(26(29)19(3)4)15-21-14-27(16-22-12-11-20(5)31-22)17-24(21)23-9-7-8-10-25(23)30-6/h7-12,18-19,21,24H,13-17H2,1-6H3. The van der Waals surface area contributed by atoms with Crippen molar-refractivity contribution in [3.8, 4) is 5.75 Å². The molecule has 170 valence electrons. The van der Waals surface area contributed by atoms with Crippen LogP contribution in [0.15, 0.2) is 40.8 Å². The number of carbonyl (C=O) groups excluding carboxylic acids is 1. The summed E-state index contributed by atoms with van der Waals surface area (Å²) in [6.07, 6.45) is 0. The molecule has 1 aromatic carbocycles. The van der Waals surface area contributed by atoms with E-state index in [-0.39, 0.29) is 11.8 Å². The topological polar surface area (TPSA) is 45.9 Å². The summed E-state index contributed by atoms with van der Waals surface area (Å²) in [6.45, 7) is 14.5. The van der Waals surface area contributed by atoms with Crippen molar-refractivity contribution < 1.29 is 13.9 Å². The Labute approximate surface area is 187 Å². The van der Waals surface area contributed by atoms with Crippen molar-refractivity contribution in [1.82, 2.24) is 9.80 Å². The molecule has 2 aromatic rings. The molecule has 0 bridgehead atoms. The smallest absolute Gasteiger partial charge is 0.225 e. The maximum absolute atomic E-state index is 13.0. The van der Waals surface area contributed by atoms with Gasteiger partial charge in [-0.1, -0.05) is 45.9 Å². The van der Waals surface area contributed by atoms with E-state index in [0.717, 1.165) is 50.0 Å². The zero-order chi connectivity index (χ0) is 22.5. The zero-order valence-electron chi connectivity index (χ0n) is 19.9. The number of likely N-dealkylation sites (tertiary alicyclic amines) is 1. The Kier molecular flexibility index (Phi) is 7.82. The van der Waals surface area contributed by atoms with Crippen molar-refractivity contribution in [2.45, 2.75) is 47.1 Å². The summed E-state index contributed by atoms with van der Waals surface area (Å²) in [7, 11) is 1.74. The minimum Gasteiger partial charge on any atom is -0.496 e. The van der Waals surface area contributed by atoms with E-state index in [1.165, 1.54) is 5.56 Å². The van der Waals surface area contributed by atoms with Crippen LogP contribution in [-0.2, 0) is 11.3 Å². The number of rotatable bonds is 9. The number of nitrogens with zero attached hydrogens (tertiary/aromatic N) is 2. The highest BCUT2D eigenvalue weighted by atomic mass is 16.5. The van der Waals surface area contributed by atoms with Gasteiger partial charge in [0.15, 0.2) is 0 Å². The van der Waals surface area contributed by atoms with E-state index in [0.29, 0.717) is 17.8 Å². The van der Waals surface area contributed by atoms with Gasteiger partial charge in [-0.05, 0) is 42.5 Å². The Morgan fingerprint density at radius 2 is 1.90 bits per heavy atom. The van der Waals surface area contributed by atoms with Crippen LogP contribution in [0.4, 0.5) is 0 Å². The first-order valence-corrected chi connectivity index (χ1v) is 11.5. The Hall–Kier alpha value is -2.27. The number of para-hydroxylation sites is 1. The number of carbonyl (C=O) groups is 1. The van der Waals surface area contributed by atoms with Crippen molar-refractivity contribution in [3.63, 3.8) is 0 Å². The molecule has 1 fully saturated rings. The highest BCUT2D eigenvalue weighted by Crippen LogP contribution is 2.38. The van der Waals surface area contributed by atoms with Crippen LogP contribution >= 0.6 is 0 Å². The van der Waals surface area contributed by atoms with Crippen LogP contribution in [0, 0.1) is 24.7 Å². The predicted octanol–water partition coefficient (Wildman–Crippen LogP) is 4.95. The van der Waals surface area contributed by atoms with Crippen molar-refractivity contribution >= 4 is 5.91 Å². The first-order chi connectivity index (χ1) is 14.8. The highest BCUT2D eigenvalue weighted by Gasteiger charge is 2.37. The lowest BCUT2D eigenvalue weighted by molar-refractivity contribution is -0.135. The average molecular weight is 427 g/mol. The van der Waals surface area contributed by atoms with Gasteiger partial charge in [-0.3, -0.25) is 9.69 Å². The van der Waals surface area contributed by atoms with E-state index in [2.05, 4.69) is 41.8 Å². The van der Waals surface area contributed by atoms with Gasteiger partial charge in [0.05, 0.1) is 13.7 Å². The second-order valence-electron chi connectivity index (χ2n) is 9.61. The van der Waals surface area contributed by atoms with E-state index >= 15 is 0 Å². The molecule has 1 aliphatic rings. The van der Waals surface area contributed by atoms with E-state index in [4.69, 9.17) is 9.15 Å². The van der Waals surface area contributed by atoms with E-state index in [1.54, 1.807) is 7.11 Å². The van der Waals surface area contributed by atoms with Crippen LogP contribution in [0.25, 0.3) is 0 Å². The molecule has 5 heteroatoms. The van der Waals surface area contributed by atoms with Gasteiger partial charge in [0.2, 0.25) is 5.91 Å². The van der Waals surface area contributed by atoms with Crippen LogP contribution < -0.4 is 4.74 Å². The largest absolute Gasteiger partial charge is 0.496 e. The van der Waals surface area contributed by atoms with Gasteiger partial charge < -0.3 is 14.1 Å². The molecular formula is C26H38N2O3. The van der Waals surface area contributed by atoms with Crippen molar-refractivity contribution in [2.24, 2.45) is 17.8 Å². The van der Waals surface area contributed by atoms with Crippen molar-refractivity contribution in [1.29, 1.82) is 0 Å². The summed E-state index contributed by atoms with van der Waals surface area (Å²) in [4.78, 5) is 17.5. The SMILES string of the molecule is COc1ccccc1C1CN(Cc2ccc(C)o2)CC1CN(CC(C)C)C(=O)C(C)C. The van der Waals surface area contributed by atoms with Gasteiger partial charge in [0, 0.05) is 38.0 Å². The third-order valence-electron chi connectivity index (χ3n) is 6.08. The van der Waals surface area contributed by atoms with Crippen LogP contribution in [0.3, 0.4) is 0 Å². The number of aryl methyl sites for hydroxylation is 1. The lowest BCUT2D eigenvalue weighted by atomic mass is 9.87. The fourth-order valence-corrected chi connectivity index (χ4v) is 4.73. The molecule has 5 nitrogen and oxygen atoms in total. The molecule has 2 atom stereocenters. The maximum Gasteiger partial charge on any atom is 0.225 e. The number of methoxy groups -OCH3 is 1. The number of hydrogen-bond donors (Lipinski definition) is 0. The summed E-state index contributed by atoms with van der Waals surface area (Å²) < 4.78 is 11.5. The van der Waals surface area contributed by atoms with Crippen LogP contribution in [0.5, 0.6) is 5.75 Å². The molecule has 1 amide bonds. The van der Waals surface area contributed by atoms with E-state index < -0.39 is 0 Å². The minimum absolute atomic E-state index is 0.00654. The van der Waals surface area contributed by atoms with Gasteiger partial charge >= 0.3 is 0 Å². The summed E-state index contributed by atoms with van der Waals surface area (Å²) in [6, 6.07) is 12.4. The molecule has 0 radical (unpaired) electrons. The maximum atomic E-state index is 13.0. The zero-order valence-corrected chi connectivity index (χ0v) is 19.9. The van der Waals surface area contributed by atoms with E-state index in [9.17, 15) is 4.79 Å². The van der Waals surface area contributed by atoms with Crippen LogP contribution in [0.2, 0.25) is 0 Å². The van der Waals surface area contributed by atoms with Gasteiger partial charge in [-0.15, -0.1) is 0 Å². The third-order valence-corrected chi connectivity index (χ3v) is 6.08. The Morgan fingerprint density at radius 1 is 1.16 bits per heavy atom. The quantitative estimate of drug-likeness (QED) is 0.569. The number of furan rings is 1. The second kappa shape index (κ2) is 10.4. The fraction of sp³-hybridized carbons (Fsp3) is 0.577. The number of amides is 1. The number of ether oxygens (including phenoxy) is 1. The molecule has 1 aliphatic heterocycles. The summed E-state index contributed by atoms with van der Waals surface area (Å²) in [5, 5.41) is 0. The summed E-state index contributed by atoms with van der Waals surface area (Å²) >= 11 is 0. The summed E-state index contributed by atoms with van der Waals surface area (Å²) in [5.74, 6) is 4.21. The molecule has 0 saturated carbocycles. The lowest BCUT2D eigenvalue weighted by Crippen LogP contribution is -2.41. The fourth-order valence-electron chi connectivity index (χ4n) is 4.73. The van der Waals surface area contributed by atoms with E-state index in [1.807, 2.05) is 39.0 Å².